The molecule has 0 saturated heterocycles. The first kappa shape index (κ1) is 14.7. The molecule has 0 aliphatic carbocycles. The number of rotatable bonds is 5. The van der Waals surface area contributed by atoms with Gasteiger partial charge in [-0.25, -0.2) is 13.4 Å². The number of imidazole rings is 1. The summed E-state index contributed by atoms with van der Waals surface area (Å²) in [5, 5.41) is 8.64. The van der Waals surface area contributed by atoms with E-state index in [2.05, 4.69) is 4.98 Å². The van der Waals surface area contributed by atoms with Crippen molar-refractivity contribution in [1.82, 2.24) is 13.9 Å². The number of carbonyl (C=O) groups is 1. The minimum atomic E-state index is -3.88. The summed E-state index contributed by atoms with van der Waals surface area (Å²) in [6, 6.07) is -0.451. The Bertz CT molecular complexity index is 528. The van der Waals surface area contributed by atoms with Crippen LogP contribution in [0.5, 0.6) is 0 Å². The number of carboxylic acids is 1. The molecule has 1 heterocycles. The van der Waals surface area contributed by atoms with Gasteiger partial charge in [-0.1, -0.05) is 0 Å². The van der Waals surface area contributed by atoms with E-state index in [-0.39, 0.29) is 5.03 Å². The summed E-state index contributed by atoms with van der Waals surface area (Å²) < 4.78 is 27.0. The van der Waals surface area contributed by atoms with Crippen LogP contribution < -0.4 is 0 Å². The number of carboxylic acid groups (broad SMARTS) is 1. The molecule has 8 heteroatoms. The quantitative estimate of drug-likeness (QED) is 0.829. The van der Waals surface area contributed by atoms with Gasteiger partial charge < -0.3 is 9.67 Å². The molecule has 0 fully saturated rings. The average Bonchev–Trinajstić information content (AvgIpc) is 2.55. The Labute approximate surface area is 106 Å². The third-order valence-corrected chi connectivity index (χ3v) is 4.42. The molecule has 0 spiro atoms. The third kappa shape index (κ3) is 2.88. The Morgan fingerprint density at radius 2 is 2.11 bits per heavy atom. The number of hydrogen-bond acceptors (Lipinski definition) is 4. The smallest absolute Gasteiger partial charge is 0.318 e. The number of hydrogen-bond donors (Lipinski definition) is 1. The van der Waals surface area contributed by atoms with E-state index in [0.717, 1.165) is 4.31 Å². The summed E-state index contributed by atoms with van der Waals surface area (Å²) in [4.78, 5) is 14.7. The minimum Gasteiger partial charge on any atom is -0.480 e. The topological polar surface area (TPSA) is 92.5 Å². The molecule has 0 aliphatic heterocycles. The molecule has 1 aromatic rings. The first-order chi connectivity index (χ1) is 8.16. The van der Waals surface area contributed by atoms with Crippen LogP contribution in [0, 0.1) is 6.92 Å². The summed E-state index contributed by atoms with van der Waals surface area (Å²) in [7, 11) is -2.20. The van der Waals surface area contributed by atoms with Gasteiger partial charge in [-0.05, 0) is 20.8 Å². The van der Waals surface area contributed by atoms with Gasteiger partial charge in [-0.3, -0.25) is 4.79 Å². The van der Waals surface area contributed by atoms with Crippen LogP contribution in [0.2, 0.25) is 0 Å². The van der Waals surface area contributed by atoms with Crippen molar-refractivity contribution < 1.29 is 18.3 Å². The van der Waals surface area contributed by atoms with Gasteiger partial charge in [0.15, 0.2) is 5.03 Å². The molecule has 1 rings (SSSR count). The molecule has 0 atom stereocenters. The highest BCUT2D eigenvalue weighted by molar-refractivity contribution is 7.89. The van der Waals surface area contributed by atoms with Crippen LogP contribution in [-0.2, 0) is 21.9 Å². The van der Waals surface area contributed by atoms with Gasteiger partial charge in [-0.15, -0.1) is 0 Å². The lowest BCUT2D eigenvalue weighted by atomic mass is 10.4. The van der Waals surface area contributed by atoms with Crippen molar-refractivity contribution in [2.45, 2.75) is 31.8 Å². The number of sulfonamides is 1. The summed E-state index contributed by atoms with van der Waals surface area (Å²) in [6.45, 7) is 4.35. The van der Waals surface area contributed by atoms with Crippen LogP contribution in [0.4, 0.5) is 0 Å². The first-order valence-electron chi connectivity index (χ1n) is 5.40. The zero-order chi connectivity index (χ0) is 14.1. The van der Waals surface area contributed by atoms with Crippen LogP contribution in [0.1, 0.15) is 19.7 Å². The Morgan fingerprint density at radius 3 is 2.44 bits per heavy atom. The van der Waals surface area contributed by atoms with E-state index in [4.69, 9.17) is 5.11 Å². The summed E-state index contributed by atoms with van der Waals surface area (Å²) in [5.41, 5.74) is 0. The molecule has 0 aromatic carbocycles. The predicted octanol–water partition coefficient (Wildman–Crippen LogP) is 0.212. The SMILES string of the molecule is Cc1nc(S(=O)(=O)N(CC(=O)O)C(C)C)cn1C. The summed E-state index contributed by atoms with van der Waals surface area (Å²) >= 11 is 0. The third-order valence-electron chi connectivity index (χ3n) is 2.53. The highest BCUT2D eigenvalue weighted by Crippen LogP contribution is 2.17. The summed E-state index contributed by atoms with van der Waals surface area (Å²) in [6.07, 6.45) is 1.38. The highest BCUT2D eigenvalue weighted by atomic mass is 32.2. The second-order valence-corrected chi connectivity index (χ2v) is 6.11. The lowest BCUT2D eigenvalue weighted by Gasteiger charge is -2.22. The van der Waals surface area contributed by atoms with Gasteiger partial charge in [0.25, 0.3) is 10.0 Å². The van der Waals surface area contributed by atoms with Crippen molar-refractivity contribution >= 4 is 16.0 Å². The monoisotopic (exact) mass is 275 g/mol. The molecule has 102 valence electrons. The second-order valence-electron chi connectivity index (χ2n) is 4.28. The maximum Gasteiger partial charge on any atom is 0.318 e. The van der Waals surface area contributed by atoms with E-state index in [1.54, 1.807) is 32.4 Å². The molecule has 7 nitrogen and oxygen atoms in total. The summed E-state index contributed by atoms with van der Waals surface area (Å²) in [5.74, 6) is -0.646. The molecular weight excluding hydrogens is 258 g/mol. The van der Waals surface area contributed by atoms with Crippen LogP contribution in [0.25, 0.3) is 0 Å². The van der Waals surface area contributed by atoms with Crippen LogP contribution >= 0.6 is 0 Å². The van der Waals surface area contributed by atoms with Crippen molar-refractivity contribution in [2.75, 3.05) is 6.54 Å². The van der Waals surface area contributed by atoms with Gasteiger partial charge in [-0.2, -0.15) is 4.31 Å². The molecular formula is C10H17N3O4S. The fourth-order valence-corrected chi connectivity index (χ4v) is 3.06. The zero-order valence-electron chi connectivity index (χ0n) is 10.8. The molecule has 0 bridgehead atoms. The van der Waals surface area contributed by atoms with Gasteiger partial charge in [0.2, 0.25) is 0 Å². The van der Waals surface area contributed by atoms with Crippen molar-refractivity contribution in [3.05, 3.63) is 12.0 Å². The van der Waals surface area contributed by atoms with E-state index in [1.165, 1.54) is 6.20 Å². The Kier molecular flexibility index (Phi) is 4.12. The van der Waals surface area contributed by atoms with E-state index in [0.29, 0.717) is 5.82 Å². The molecule has 0 unspecified atom stereocenters. The molecule has 0 radical (unpaired) electrons. The lowest BCUT2D eigenvalue weighted by molar-refractivity contribution is -0.137. The van der Waals surface area contributed by atoms with Crippen LogP contribution in [0.3, 0.4) is 0 Å². The van der Waals surface area contributed by atoms with E-state index < -0.39 is 28.6 Å². The van der Waals surface area contributed by atoms with E-state index in [1.807, 2.05) is 0 Å². The Balaban J connectivity index is 3.21. The molecule has 1 N–H and O–H groups in total. The lowest BCUT2D eigenvalue weighted by Crippen LogP contribution is -2.40. The normalized spacial score (nSPS) is 12.3. The molecule has 0 amide bonds. The van der Waals surface area contributed by atoms with Gasteiger partial charge >= 0.3 is 5.97 Å². The standard InChI is InChI=1S/C10H17N3O4S/c1-7(2)13(6-10(14)15)18(16,17)9-5-12(4)8(3)11-9/h5,7H,6H2,1-4H3,(H,14,15). The van der Waals surface area contributed by atoms with Crippen molar-refractivity contribution in [3.8, 4) is 0 Å². The van der Waals surface area contributed by atoms with Gasteiger partial charge in [0.05, 0.1) is 0 Å². The molecule has 0 saturated carbocycles. The fourth-order valence-electron chi connectivity index (χ4n) is 1.45. The molecule has 18 heavy (non-hydrogen) atoms. The fraction of sp³-hybridized carbons (Fsp3) is 0.600. The minimum absolute atomic E-state index is 0.127. The number of aliphatic carboxylic acids is 1. The molecule has 0 aliphatic rings. The van der Waals surface area contributed by atoms with E-state index in [9.17, 15) is 13.2 Å². The second kappa shape index (κ2) is 5.07. The highest BCUT2D eigenvalue weighted by Gasteiger charge is 2.31. The van der Waals surface area contributed by atoms with Crippen LogP contribution in [-0.4, -0.2) is 45.9 Å². The maximum absolute atomic E-state index is 12.3. The average molecular weight is 275 g/mol. The van der Waals surface area contributed by atoms with Crippen LogP contribution in [0.15, 0.2) is 11.2 Å². The number of nitrogens with zero attached hydrogens (tertiary/aromatic N) is 3. The molecule has 1 aromatic heterocycles. The Morgan fingerprint density at radius 1 is 1.56 bits per heavy atom. The van der Waals surface area contributed by atoms with Crippen molar-refractivity contribution in [3.63, 3.8) is 0 Å². The Hall–Kier alpha value is -1.41. The van der Waals surface area contributed by atoms with E-state index >= 15 is 0 Å². The zero-order valence-corrected chi connectivity index (χ0v) is 11.6. The largest absolute Gasteiger partial charge is 0.480 e. The van der Waals surface area contributed by atoms with Crippen molar-refractivity contribution in [2.24, 2.45) is 7.05 Å². The number of aromatic nitrogens is 2. The van der Waals surface area contributed by atoms with Gasteiger partial charge in [0.1, 0.15) is 12.4 Å². The van der Waals surface area contributed by atoms with Gasteiger partial charge in [0, 0.05) is 19.3 Å². The predicted molar refractivity (Wildman–Crippen MR) is 64.6 cm³/mol. The van der Waals surface area contributed by atoms with Crippen molar-refractivity contribution in [1.29, 1.82) is 0 Å². The number of aryl methyl sites for hydroxylation is 2. The maximum atomic E-state index is 12.3. The first-order valence-corrected chi connectivity index (χ1v) is 6.84.